The first-order valence-corrected chi connectivity index (χ1v) is 6.60. The average molecular weight is 289 g/mol. The molecule has 0 aromatic heterocycles. The number of nitrogens with one attached hydrogen (secondary N) is 1. The number of halogens is 2. The molecule has 1 rings (SSSR count). The Morgan fingerprint density at radius 2 is 2.05 bits per heavy atom. The second kappa shape index (κ2) is 6.66. The van der Waals surface area contributed by atoms with Crippen molar-refractivity contribution in [2.45, 2.75) is 39.3 Å². The van der Waals surface area contributed by atoms with Crippen molar-refractivity contribution < 1.29 is 9.13 Å². The summed E-state index contributed by atoms with van der Waals surface area (Å²) in [5.74, 6) is 5.31. The number of nitrogens with two attached hydrogens (primary N) is 1. The van der Waals surface area contributed by atoms with E-state index < -0.39 is 0 Å². The molecule has 2 unspecified atom stereocenters. The summed E-state index contributed by atoms with van der Waals surface area (Å²) in [4.78, 5) is 0. The highest BCUT2D eigenvalue weighted by Gasteiger charge is 2.32. The first-order valence-electron chi connectivity index (χ1n) is 6.22. The summed E-state index contributed by atoms with van der Waals surface area (Å²) in [6.45, 7) is 6.17. The van der Waals surface area contributed by atoms with Crippen molar-refractivity contribution >= 4 is 11.6 Å². The van der Waals surface area contributed by atoms with Crippen molar-refractivity contribution in [1.29, 1.82) is 0 Å². The fourth-order valence-corrected chi connectivity index (χ4v) is 2.51. The monoisotopic (exact) mass is 288 g/mol. The molecular formula is C14H22ClFN2O. The Hall–Kier alpha value is -0.680. The zero-order valence-corrected chi connectivity index (χ0v) is 12.6. The smallest absolute Gasteiger partial charge is 0.126 e. The van der Waals surface area contributed by atoms with Crippen LogP contribution >= 0.6 is 11.6 Å². The first-order chi connectivity index (χ1) is 8.79. The lowest BCUT2D eigenvalue weighted by molar-refractivity contribution is -0.0112. The molecule has 2 atom stereocenters. The molecule has 0 heterocycles. The molecule has 0 amide bonds. The van der Waals surface area contributed by atoms with Gasteiger partial charge in [-0.05, 0) is 35.6 Å². The maximum atomic E-state index is 13.8. The van der Waals surface area contributed by atoms with E-state index >= 15 is 0 Å². The fraction of sp³-hybridized carbons (Fsp3) is 0.571. The van der Waals surface area contributed by atoms with Gasteiger partial charge in [0.2, 0.25) is 0 Å². The summed E-state index contributed by atoms with van der Waals surface area (Å²) in [7, 11) is 1.63. The summed E-state index contributed by atoms with van der Waals surface area (Å²) >= 11 is 5.90. The molecule has 19 heavy (non-hydrogen) atoms. The highest BCUT2D eigenvalue weighted by Crippen LogP contribution is 2.27. The van der Waals surface area contributed by atoms with E-state index in [2.05, 4.69) is 26.2 Å². The minimum atomic E-state index is -0.284. The number of hydrogen-bond acceptors (Lipinski definition) is 3. The van der Waals surface area contributed by atoms with Crippen LogP contribution in [0.4, 0.5) is 4.39 Å². The van der Waals surface area contributed by atoms with Crippen LogP contribution in [0, 0.1) is 11.2 Å². The number of benzene rings is 1. The van der Waals surface area contributed by atoms with Crippen LogP contribution in [0.3, 0.4) is 0 Å². The van der Waals surface area contributed by atoms with Gasteiger partial charge in [-0.15, -0.1) is 0 Å². The van der Waals surface area contributed by atoms with E-state index in [1.807, 2.05) is 0 Å². The Balaban J connectivity index is 2.95. The molecule has 0 saturated heterocycles. The predicted octanol–water partition coefficient (Wildman–Crippen LogP) is 2.91. The summed E-state index contributed by atoms with van der Waals surface area (Å²) in [6, 6.07) is 4.32. The van der Waals surface area contributed by atoms with E-state index in [1.54, 1.807) is 13.2 Å². The van der Waals surface area contributed by atoms with Gasteiger partial charge in [0.15, 0.2) is 0 Å². The predicted molar refractivity (Wildman–Crippen MR) is 76.5 cm³/mol. The van der Waals surface area contributed by atoms with Gasteiger partial charge in [-0.2, -0.15) is 0 Å². The Bertz CT molecular complexity index is 420. The maximum Gasteiger partial charge on any atom is 0.126 e. The van der Waals surface area contributed by atoms with Crippen molar-refractivity contribution in [3.05, 3.63) is 34.6 Å². The van der Waals surface area contributed by atoms with E-state index in [4.69, 9.17) is 22.2 Å². The lowest BCUT2D eigenvalue weighted by Crippen LogP contribution is -2.51. The molecule has 3 nitrogen and oxygen atoms in total. The van der Waals surface area contributed by atoms with E-state index in [1.165, 1.54) is 12.1 Å². The molecule has 0 aliphatic rings. The highest BCUT2D eigenvalue weighted by molar-refractivity contribution is 6.30. The lowest BCUT2D eigenvalue weighted by atomic mass is 9.82. The molecular weight excluding hydrogens is 267 g/mol. The van der Waals surface area contributed by atoms with Crippen LogP contribution in [-0.2, 0) is 11.2 Å². The molecule has 5 heteroatoms. The maximum absolute atomic E-state index is 13.8. The minimum absolute atomic E-state index is 0.110. The zero-order chi connectivity index (χ0) is 14.6. The molecule has 3 N–H and O–H groups in total. The van der Waals surface area contributed by atoms with Crippen LogP contribution in [-0.4, -0.2) is 19.3 Å². The van der Waals surface area contributed by atoms with E-state index in [0.717, 1.165) is 0 Å². The molecule has 0 radical (unpaired) electrons. The van der Waals surface area contributed by atoms with Crippen molar-refractivity contribution in [1.82, 2.24) is 5.43 Å². The molecule has 0 aliphatic heterocycles. The topological polar surface area (TPSA) is 47.3 Å². The number of ether oxygens (including phenoxy) is 1. The Morgan fingerprint density at radius 3 is 2.53 bits per heavy atom. The van der Waals surface area contributed by atoms with Crippen molar-refractivity contribution in [3.8, 4) is 0 Å². The Labute approximate surface area is 119 Å². The summed E-state index contributed by atoms with van der Waals surface area (Å²) in [5, 5.41) is 0.511. The molecule has 0 spiro atoms. The van der Waals surface area contributed by atoms with Gasteiger partial charge in [-0.25, -0.2) is 4.39 Å². The van der Waals surface area contributed by atoms with Crippen LogP contribution in [0.5, 0.6) is 0 Å². The molecule has 0 aliphatic carbocycles. The van der Waals surface area contributed by atoms with Crippen LogP contribution < -0.4 is 11.3 Å². The molecule has 1 aromatic carbocycles. The minimum Gasteiger partial charge on any atom is -0.379 e. The quantitative estimate of drug-likeness (QED) is 0.647. The van der Waals surface area contributed by atoms with Gasteiger partial charge in [-0.3, -0.25) is 11.3 Å². The largest absolute Gasteiger partial charge is 0.379 e. The number of rotatable bonds is 5. The van der Waals surface area contributed by atoms with Crippen LogP contribution in [0.2, 0.25) is 5.02 Å². The van der Waals surface area contributed by atoms with Gasteiger partial charge < -0.3 is 4.74 Å². The Morgan fingerprint density at radius 1 is 1.42 bits per heavy atom. The third-order valence-electron chi connectivity index (χ3n) is 3.13. The molecule has 0 bridgehead atoms. The fourth-order valence-electron chi connectivity index (χ4n) is 2.31. The summed E-state index contributed by atoms with van der Waals surface area (Å²) < 4.78 is 19.3. The van der Waals surface area contributed by atoms with Crippen molar-refractivity contribution in [2.75, 3.05) is 7.11 Å². The molecule has 108 valence electrons. The highest BCUT2D eigenvalue weighted by atomic mass is 35.5. The normalized spacial score (nSPS) is 15.3. The van der Waals surface area contributed by atoms with Gasteiger partial charge in [-0.1, -0.05) is 32.4 Å². The van der Waals surface area contributed by atoms with Crippen LogP contribution in [0.1, 0.15) is 26.3 Å². The molecule has 0 fully saturated rings. The third-order valence-corrected chi connectivity index (χ3v) is 3.37. The van der Waals surface area contributed by atoms with Gasteiger partial charge in [0.05, 0.1) is 12.1 Å². The zero-order valence-electron chi connectivity index (χ0n) is 11.8. The van der Waals surface area contributed by atoms with Crippen molar-refractivity contribution in [3.63, 3.8) is 0 Å². The summed E-state index contributed by atoms with van der Waals surface area (Å²) in [5.41, 5.74) is 3.14. The number of hydrogen-bond donors (Lipinski definition) is 2. The number of methoxy groups -OCH3 is 1. The lowest BCUT2D eigenvalue weighted by Gasteiger charge is -2.35. The van der Waals surface area contributed by atoms with E-state index in [0.29, 0.717) is 17.0 Å². The second-order valence-electron chi connectivity index (χ2n) is 5.74. The average Bonchev–Trinajstić information content (AvgIpc) is 2.31. The second-order valence-corrected chi connectivity index (χ2v) is 6.17. The molecule has 0 saturated carbocycles. The summed E-state index contributed by atoms with van der Waals surface area (Å²) in [6.07, 6.45) is 0.273. The first kappa shape index (κ1) is 16.4. The van der Waals surface area contributed by atoms with Gasteiger partial charge in [0.25, 0.3) is 0 Å². The van der Waals surface area contributed by atoms with Gasteiger partial charge in [0.1, 0.15) is 5.82 Å². The van der Waals surface area contributed by atoms with E-state index in [9.17, 15) is 4.39 Å². The van der Waals surface area contributed by atoms with Crippen LogP contribution in [0.25, 0.3) is 0 Å². The molecule has 1 aromatic rings. The van der Waals surface area contributed by atoms with Crippen molar-refractivity contribution in [2.24, 2.45) is 11.3 Å². The van der Waals surface area contributed by atoms with Gasteiger partial charge >= 0.3 is 0 Å². The third kappa shape index (κ3) is 4.42. The SMILES string of the molecule is COC(C(Cc1cc(Cl)ccc1F)NN)C(C)(C)C. The van der Waals surface area contributed by atoms with E-state index in [-0.39, 0.29) is 23.4 Å². The van der Waals surface area contributed by atoms with Gasteiger partial charge in [0, 0.05) is 12.1 Å². The Kier molecular flexibility index (Phi) is 5.74. The standard InChI is InChI=1S/C14H22ClFN2O/c1-14(2,3)13(19-4)12(18-17)8-9-7-10(15)5-6-11(9)16/h5-7,12-13,18H,8,17H2,1-4H3. The number of hydrazine groups is 1. The van der Waals surface area contributed by atoms with Crippen LogP contribution in [0.15, 0.2) is 18.2 Å².